The third-order valence-electron chi connectivity index (χ3n) is 5.43. The molecule has 0 atom stereocenters. The van der Waals surface area contributed by atoms with Crippen LogP contribution in [0.4, 0.5) is 11.6 Å². The number of piperazine rings is 1. The van der Waals surface area contributed by atoms with Crippen molar-refractivity contribution < 1.29 is 0 Å². The molecule has 0 saturated carbocycles. The van der Waals surface area contributed by atoms with E-state index in [-0.39, 0.29) is 11.6 Å². The van der Waals surface area contributed by atoms with Gasteiger partial charge >= 0.3 is 0 Å². The van der Waals surface area contributed by atoms with Crippen molar-refractivity contribution in [1.29, 1.82) is 0 Å². The molecule has 8 heteroatoms. The third-order valence-corrected chi connectivity index (χ3v) is 5.43. The standard InChI is InChI=1S/C21H29N7O/c1-14(2)28-21(29)18-12-16(13-27-9-7-26(4)8-10-27)5-6-17(18)20(25-28)22-19-11-15(3)23-24-19/h5-6,11-12,14H,7-10,13H2,1-4H3,(H2,22,23,24,25). The van der Waals surface area contributed by atoms with Crippen molar-refractivity contribution in [3.63, 3.8) is 0 Å². The number of benzene rings is 1. The zero-order chi connectivity index (χ0) is 20.5. The number of nitrogens with one attached hydrogen (secondary N) is 2. The highest BCUT2D eigenvalue weighted by atomic mass is 16.1. The molecule has 1 fully saturated rings. The van der Waals surface area contributed by atoms with Crippen LogP contribution < -0.4 is 10.9 Å². The third kappa shape index (κ3) is 4.18. The summed E-state index contributed by atoms with van der Waals surface area (Å²) in [6.45, 7) is 11.0. The fourth-order valence-corrected chi connectivity index (χ4v) is 3.71. The lowest BCUT2D eigenvalue weighted by molar-refractivity contribution is 0.148. The Morgan fingerprint density at radius 2 is 1.90 bits per heavy atom. The summed E-state index contributed by atoms with van der Waals surface area (Å²) in [5.74, 6) is 1.33. The quantitative estimate of drug-likeness (QED) is 0.691. The van der Waals surface area contributed by atoms with Crippen molar-refractivity contribution in [2.24, 2.45) is 0 Å². The first-order chi connectivity index (χ1) is 13.9. The number of hydrogen-bond acceptors (Lipinski definition) is 6. The van der Waals surface area contributed by atoms with E-state index in [0.29, 0.717) is 17.0 Å². The Hall–Kier alpha value is -2.71. The van der Waals surface area contributed by atoms with Gasteiger partial charge in [0.25, 0.3) is 5.56 Å². The first kappa shape index (κ1) is 19.6. The second kappa shape index (κ2) is 7.96. The molecule has 8 nitrogen and oxygen atoms in total. The van der Waals surface area contributed by atoms with E-state index in [1.807, 2.05) is 39.0 Å². The topological polar surface area (TPSA) is 82.1 Å². The number of likely N-dealkylation sites (N-methyl/N-ethyl adjacent to an activating group) is 1. The maximum Gasteiger partial charge on any atom is 0.275 e. The summed E-state index contributed by atoms with van der Waals surface area (Å²) in [4.78, 5) is 17.9. The highest BCUT2D eigenvalue weighted by Gasteiger charge is 2.17. The van der Waals surface area contributed by atoms with Crippen molar-refractivity contribution in [3.05, 3.63) is 45.9 Å². The van der Waals surface area contributed by atoms with Gasteiger partial charge in [-0.15, -0.1) is 0 Å². The zero-order valence-corrected chi connectivity index (χ0v) is 17.6. The summed E-state index contributed by atoms with van der Waals surface area (Å²) in [5.41, 5.74) is 2.06. The molecule has 1 aliphatic heterocycles. The van der Waals surface area contributed by atoms with Gasteiger partial charge in [0, 0.05) is 49.9 Å². The van der Waals surface area contributed by atoms with Crippen molar-refractivity contribution in [2.75, 3.05) is 38.5 Å². The van der Waals surface area contributed by atoms with Gasteiger partial charge < -0.3 is 10.2 Å². The van der Waals surface area contributed by atoms with E-state index in [1.54, 1.807) is 4.68 Å². The lowest BCUT2D eigenvalue weighted by Crippen LogP contribution is -2.43. The first-order valence-electron chi connectivity index (χ1n) is 10.2. The van der Waals surface area contributed by atoms with Crippen LogP contribution in [-0.2, 0) is 6.54 Å². The SMILES string of the molecule is Cc1cc(Nc2nn(C(C)C)c(=O)c3cc(CN4CCN(C)CC4)ccc23)n[nH]1. The molecule has 154 valence electrons. The number of H-pyrrole nitrogens is 1. The smallest absolute Gasteiger partial charge is 0.275 e. The molecule has 0 aliphatic carbocycles. The summed E-state index contributed by atoms with van der Waals surface area (Å²) >= 11 is 0. The van der Waals surface area contributed by atoms with Crippen LogP contribution in [0.1, 0.15) is 31.1 Å². The van der Waals surface area contributed by atoms with Crippen molar-refractivity contribution in [3.8, 4) is 0 Å². The lowest BCUT2D eigenvalue weighted by atomic mass is 10.1. The maximum atomic E-state index is 13.1. The summed E-state index contributed by atoms with van der Waals surface area (Å²) < 4.78 is 1.55. The van der Waals surface area contributed by atoms with Crippen LogP contribution in [0.5, 0.6) is 0 Å². The van der Waals surface area contributed by atoms with E-state index >= 15 is 0 Å². The van der Waals surface area contributed by atoms with Crippen LogP contribution in [0.2, 0.25) is 0 Å². The van der Waals surface area contributed by atoms with Gasteiger partial charge in [-0.2, -0.15) is 10.2 Å². The number of nitrogens with zero attached hydrogens (tertiary/aromatic N) is 5. The minimum absolute atomic E-state index is 0.0327. The number of anilines is 2. The van der Waals surface area contributed by atoms with E-state index in [1.165, 1.54) is 0 Å². The van der Waals surface area contributed by atoms with Crippen molar-refractivity contribution >= 4 is 22.4 Å². The Bertz CT molecular complexity index is 1060. The maximum absolute atomic E-state index is 13.1. The van der Waals surface area contributed by atoms with E-state index in [4.69, 9.17) is 0 Å². The van der Waals surface area contributed by atoms with Gasteiger partial charge in [-0.3, -0.25) is 14.8 Å². The summed E-state index contributed by atoms with van der Waals surface area (Å²) in [5, 5.41) is 16.5. The number of fused-ring (bicyclic) bond motifs is 1. The van der Waals surface area contributed by atoms with E-state index in [0.717, 1.165) is 49.4 Å². The van der Waals surface area contributed by atoms with Crippen molar-refractivity contribution in [2.45, 2.75) is 33.4 Å². The van der Waals surface area contributed by atoms with Gasteiger partial charge in [-0.25, -0.2) is 4.68 Å². The molecular formula is C21H29N7O. The highest BCUT2D eigenvalue weighted by Crippen LogP contribution is 2.24. The minimum atomic E-state index is -0.0565. The van der Waals surface area contributed by atoms with E-state index < -0.39 is 0 Å². The van der Waals surface area contributed by atoms with Gasteiger partial charge in [-0.1, -0.05) is 12.1 Å². The largest absolute Gasteiger partial charge is 0.321 e. The second-order valence-electron chi connectivity index (χ2n) is 8.21. The van der Waals surface area contributed by atoms with Crippen LogP contribution in [-0.4, -0.2) is 63.0 Å². The van der Waals surface area contributed by atoms with E-state index in [2.05, 4.69) is 43.5 Å². The van der Waals surface area contributed by atoms with Gasteiger partial charge in [-0.05, 0) is 39.4 Å². The number of hydrogen-bond donors (Lipinski definition) is 2. The Kier molecular flexibility index (Phi) is 5.38. The molecule has 1 aromatic carbocycles. The summed E-state index contributed by atoms with van der Waals surface area (Å²) in [7, 11) is 2.16. The molecule has 0 bridgehead atoms. The molecule has 29 heavy (non-hydrogen) atoms. The molecule has 4 rings (SSSR count). The molecule has 2 N–H and O–H groups in total. The Labute approximate surface area is 170 Å². The molecule has 1 saturated heterocycles. The molecule has 3 heterocycles. The van der Waals surface area contributed by atoms with Crippen LogP contribution in [0.15, 0.2) is 29.1 Å². The van der Waals surface area contributed by atoms with Crippen molar-refractivity contribution in [1.82, 2.24) is 29.8 Å². The molecule has 3 aromatic rings. The number of aromatic amines is 1. The lowest BCUT2D eigenvalue weighted by Gasteiger charge is -2.32. The second-order valence-corrected chi connectivity index (χ2v) is 8.21. The molecule has 0 unspecified atom stereocenters. The van der Waals surface area contributed by atoms with Gasteiger partial charge in [0.15, 0.2) is 11.6 Å². The summed E-state index contributed by atoms with van der Waals surface area (Å²) in [6.07, 6.45) is 0. The monoisotopic (exact) mass is 395 g/mol. The zero-order valence-electron chi connectivity index (χ0n) is 17.6. The van der Waals surface area contributed by atoms with E-state index in [9.17, 15) is 4.79 Å². The van der Waals surface area contributed by atoms with Crippen LogP contribution in [0.3, 0.4) is 0 Å². The molecule has 0 amide bonds. The Balaban J connectivity index is 1.72. The highest BCUT2D eigenvalue weighted by molar-refractivity contribution is 5.92. The van der Waals surface area contributed by atoms with Crippen LogP contribution in [0.25, 0.3) is 10.8 Å². The van der Waals surface area contributed by atoms with Gasteiger partial charge in [0.05, 0.1) is 11.4 Å². The minimum Gasteiger partial charge on any atom is -0.321 e. The predicted octanol–water partition coefficient (Wildman–Crippen LogP) is 2.50. The van der Waals surface area contributed by atoms with Gasteiger partial charge in [0.1, 0.15) is 0 Å². The Morgan fingerprint density at radius 1 is 1.14 bits per heavy atom. The molecule has 2 aromatic heterocycles. The number of aromatic nitrogens is 4. The number of rotatable bonds is 5. The molecule has 0 spiro atoms. The Morgan fingerprint density at radius 3 is 2.55 bits per heavy atom. The predicted molar refractivity (Wildman–Crippen MR) is 116 cm³/mol. The normalized spacial score (nSPS) is 16.0. The average molecular weight is 396 g/mol. The molecule has 0 radical (unpaired) electrons. The fraction of sp³-hybridized carbons (Fsp3) is 0.476. The summed E-state index contributed by atoms with van der Waals surface area (Å²) in [6, 6.07) is 8.01. The average Bonchev–Trinajstić information content (AvgIpc) is 3.10. The molecule has 1 aliphatic rings. The van der Waals surface area contributed by atoms with Crippen LogP contribution >= 0.6 is 0 Å². The molecular weight excluding hydrogens is 366 g/mol. The van der Waals surface area contributed by atoms with Gasteiger partial charge in [0.2, 0.25) is 0 Å². The number of aryl methyl sites for hydroxylation is 1. The van der Waals surface area contributed by atoms with Crippen LogP contribution in [0, 0.1) is 6.92 Å². The fourth-order valence-electron chi connectivity index (χ4n) is 3.71. The first-order valence-corrected chi connectivity index (χ1v) is 10.2.